The molecule has 0 saturated carbocycles. The molecule has 0 saturated heterocycles. The molecule has 2 aromatic heterocycles. The number of rotatable bonds is 7. The van der Waals surface area contributed by atoms with Crippen molar-refractivity contribution in [1.82, 2.24) is 24.9 Å². The van der Waals surface area contributed by atoms with Crippen LogP contribution in [0.1, 0.15) is 23.9 Å². The van der Waals surface area contributed by atoms with E-state index in [0.29, 0.717) is 0 Å². The summed E-state index contributed by atoms with van der Waals surface area (Å²) in [5.41, 5.74) is 1.21. The highest BCUT2D eigenvalue weighted by atomic mass is 32.1. The summed E-state index contributed by atoms with van der Waals surface area (Å²) in [4.78, 5) is 2.21. The molecule has 0 atom stereocenters. The van der Waals surface area contributed by atoms with E-state index in [4.69, 9.17) is 0 Å². The molecule has 0 aliphatic rings. The molecule has 0 aliphatic heterocycles. The maximum absolute atomic E-state index is 4.20. The van der Waals surface area contributed by atoms with Gasteiger partial charge >= 0.3 is 0 Å². The van der Waals surface area contributed by atoms with Crippen LogP contribution in [0.15, 0.2) is 12.4 Å². The highest BCUT2D eigenvalue weighted by Gasteiger charge is 2.08. The van der Waals surface area contributed by atoms with Crippen molar-refractivity contribution in [2.45, 2.75) is 26.4 Å². The standard InChI is InChI=1S/C12H20N6S/c1-4-5-13-12-16-15-11(19-12)9-17(2)7-10-6-14-18(3)8-10/h6,8H,4-5,7,9H2,1-3H3,(H,13,16). The second kappa shape index (κ2) is 6.63. The van der Waals surface area contributed by atoms with E-state index in [1.165, 1.54) is 5.56 Å². The predicted octanol–water partition coefficient (Wildman–Crippen LogP) is 1.73. The van der Waals surface area contributed by atoms with Gasteiger partial charge in [0, 0.05) is 31.9 Å². The summed E-state index contributed by atoms with van der Waals surface area (Å²) in [7, 11) is 4.01. The second-order valence-electron chi connectivity index (χ2n) is 4.62. The largest absolute Gasteiger partial charge is 0.360 e. The van der Waals surface area contributed by atoms with E-state index < -0.39 is 0 Å². The van der Waals surface area contributed by atoms with Crippen LogP contribution in [0.25, 0.3) is 0 Å². The summed E-state index contributed by atoms with van der Waals surface area (Å²) in [5.74, 6) is 0. The first kappa shape index (κ1) is 14.0. The van der Waals surface area contributed by atoms with Crippen molar-refractivity contribution in [3.8, 4) is 0 Å². The van der Waals surface area contributed by atoms with Gasteiger partial charge in [-0.25, -0.2) is 0 Å². The van der Waals surface area contributed by atoms with Crippen LogP contribution < -0.4 is 5.32 Å². The van der Waals surface area contributed by atoms with Crippen LogP contribution in [-0.2, 0) is 20.1 Å². The van der Waals surface area contributed by atoms with Crippen LogP contribution in [-0.4, -0.2) is 38.5 Å². The van der Waals surface area contributed by atoms with Gasteiger partial charge in [-0.05, 0) is 13.5 Å². The van der Waals surface area contributed by atoms with E-state index in [0.717, 1.165) is 36.2 Å². The van der Waals surface area contributed by atoms with Gasteiger partial charge in [-0.15, -0.1) is 10.2 Å². The Morgan fingerprint density at radius 2 is 2.21 bits per heavy atom. The molecule has 2 rings (SSSR count). The van der Waals surface area contributed by atoms with Gasteiger partial charge in [0.05, 0.1) is 12.7 Å². The highest BCUT2D eigenvalue weighted by Crippen LogP contribution is 2.17. The Labute approximate surface area is 117 Å². The maximum Gasteiger partial charge on any atom is 0.205 e. The molecule has 7 heteroatoms. The fourth-order valence-corrected chi connectivity index (χ4v) is 2.62. The number of nitrogens with one attached hydrogen (secondary N) is 1. The number of aryl methyl sites for hydroxylation is 1. The quantitative estimate of drug-likeness (QED) is 0.837. The van der Waals surface area contributed by atoms with E-state index >= 15 is 0 Å². The average molecular weight is 280 g/mol. The van der Waals surface area contributed by atoms with Gasteiger partial charge in [-0.2, -0.15) is 5.10 Å². The molecule has 0 bridgehead atoms. The first-order valence-electron chi connectivity index (χ1n) is 6.39. The molecule has 0 unspecified atom stereocenters. The number of hydrogen-bond acceptors (Lipinski definition) is 6. The minimum absolute atomic E-state index is 0.806. The van der Waals surface area contributed by atoms with Gasteiger partial charge in [0.25, 0.3) is 0 Å². The summed E-state index contributed by atoms with van der Waals surface area (Å²) in [6.07, 6.45) is 5.02. The number of anilines is 1. The van der Waals surface area contributed by atoms with Crippen LogP contribution in [0.5, 0.6) is 0 Å². The Morgan fingerprint density at radius 1 is 1.37 bits per heavy atom. The Balaban J connectivity index is 1.84. The molecule has 104 valence electrons. The van der Waals surface area contributed by atoms with Gasteiger partial charge < -0.3 is 5.32 Å². The molecule has 0 amide bonds. The minimum Gasteiger partial charge on any atom is -0.360 e. The Kier molecular flexibility index (Phi) is 4.86. The summed E-state index contributed by atoms with van der Waals surface area (Å²) in [6.45, 7) is 4.75. The Hall–Kier alpha value is -1.47. The number of nitrogens with zero attached hydrogens (tertiary/aromatic N) is 5. The van der Waals surface area contributed by atoms with E-state index in [9.17, 15) is 0 Å². The van der Waals surface area contributed by atoms with Crippen molar-refractivity contribution in [3.05, 3.63) is 23.0 Å². The van der Waals surface area contributed by atoms with Crippen molar-refractivity contribution in [3.63, 3.8) is 0 Å². The van der Waals surface area contributed by atoms with E-state index in [2.05, 4.69) is 39.5 Å². The fraction of sp³-hybridized carbons (Fsp3) is 0.583. The first-order valence-corrected chi connectivity index (χ1v) is 7.21. The summed E-state index contributed by atoms with van der Waals surface area (Å²) >= 11 is 1.62. The van der Waals surface area contributed by atoms with Gasteiger partial charge in [0.15, 0.2) is 0 Å². The van der Waals surface area contributed by atoms with Crippen molar-refractivity contribution >= 4 is 16.5 Å². The molecular formula is C12H20N6S. The predicted molar refractivity (Wildman–Crippen MR) is 77.1 cm³/mol. The summed E-state index contributed by atoms with van der Waals surface area (Å²) in [6, 6.07) is 0. The van der Waals surface area contributed by atoms with Gasteiger partial charge in [-0.3, -0.25) is 9.58 Å². The molecular weight excluding hydrogens is 260 g/mol. The molecule has 19 heavy (non-hydrogen) atoms. The lowest BCUT2D eigenvalue weighted by Crippen LogP contribution is -2.16. The third kappa shape index (κ3) is 4.29. The maximum atomic E-state index is 4.20. The lowest BCUT2D eigenvalue weighted by Gasteiger charge is -2.12. The lowest BCUT2D eigenvalue weighted by molar-refractivity contribution is 0.317. The van der Waals surface area contributed by atoms with E-state index in [1.807, 2.05) is 24.1 Å². The monoisotopic (exact) mass is 280 g/mol. The topological polar surface area (TPSA) is 58.9 Å². The van der Waals surface area contributed by atoms with Gasteiger partial charge in [0.1, 0.15) is 5.01 Å². The number of hydrogen-bond donors (Lipinski definition) is 1. The lowest BCUT2D eigenvalue weighted by atomic mass is 10.3. The third-order valence-corrected chi connectivity index (χ3v) is 3.47. The van der Waals surface area contributed by atoms with Crippen molar-refractivity contribution in [2.24, 2.45) is 7.05 Å². The molecule has 1 N–H and O–H groups in total. The number of aromatic nitrogens is 4. The zero-order valence-electron chi connectivity index (χ0n) is 11.6. The fourth-order valence-electron chi connectivity index (χ4n) is 1.77. The van der Waals surface area contributed by atoms with Crippen LogP contribution in [0, 0.1) is 0 Å². The summed E-state index contributed by atoms with van der Waals surface area (Å²) < 4.78 is 1.82. The Morgan fingerprint density at radius 3 is 2.89 bits per heavy atom. The molecule has 0 aliphatic carbocycles. The van der Waals surface area contributed by atoms with Crippen molar-refractivity contribution in [1.29, 1.82) is 0 Å². The third-order valence-electron chi connectivity index (χ3n) is 2.61. The Bertz CT molecular complexity index is 506. The van der Waals surface area contributed by atoms with Gasteiger partial charge in [-0.1, -0.05) is 18.3 Å². The average Bonchev–Trinajstić information content (AvgIpc) is 2.96. The minimum atomic E-state index is 0.806. The molecule has 6 nitrogen and oxygen atoms in total. The van der Waals surface area contributed by atoms with Gasteiger partial charge in [0.2, 0.25) is 5.13 Å². The van der Waals surface area contributed by atoms with E-state index in [-0.39, 0.29) is 0 Å². The smallest absolute Gasteiger partial charge is 0.205 e. The highest BCUT2D eigenvalue weighted by molar-refractivity contribution is 7.15. The van der Waals surface area contributed by atoms with Crippen LogP contribution in [0.4, 0.5) is 5.13 Å². The van der Waals surface area contributed by atoms with Crippen molar-refractivity contribution in [2.75, 3.05) is 18.9 Å². The zero-order valence-corrected chi connectivity index (χ0v) is 12.4. The SMILES string of the molecule is CCCNc1nnc(CN(C)Cc2cnn(C)c2)s1. The zero-order chi connectivity index (χ0) is 13.7. The van der Waals surface area contributed by atoms with E-state index in [1.54, 1.807) is 11.3 Å². The molecule has 2 heterocycles. The normalized spacial score (nSPS) is 11.2. The molecule has 0 radical (unpaired) electrons. The van der Waals surface area contributed by atoms with Crippen molar-refractivity contribution < 1.29 is 0 Å². The summed E-state index contributed by atoms with van der Waals surface area (Å²) in [5, 5.41) is 17.7. The van der Waals surface area contributed by atoms with Crippen LogP contribution in [0.2, 0.25) is 0 Å². The van der Waals surface area contributed by atoms with Crippen LogP contribution >= 0.6 is 11.3 Å². The molecule has 2 aromatic rings. The molecule has 0 spiro atoms. The van der Waals surface area contributed by atoms with Crippen LogP contribution in [0.3, 0.4) is 0 Å². The molecule has 0 aromatic carbocycles. The first-order chi connectivity index (χ1) is 9.17. The molecule has 0 fully saturated rings. The second-order valence-corrected chi connectivity index (χ2v) is 5.68.